The molecule has 3 heterocycles. The van der Waals surface area contributed by atoms with E-state index in [1.54, 1.807) is 7.11 Å². The third-order valence-electron chi connectivity index (χ3n) is 3.74. The van der Waals surface area contributed by atoms with Crippen LogP contribution in [0.4, 0.5) is 5.82 Å². The second kappa shape index (κ2) is 5.81. The molecule has 2 fully saturated rings. The van der Waals surface area contributed by atoms with Crippen molar-refractivity contribution in [3.8, 4) is 0 Å². The van der Waals surface area contributed by atoms with Gasteiger partial charge in [0, 0.05) is 39.5 Å². The van der Waals surface area contributed by atoms with Gasteiger partial charge in [0.25, 0.3) is 0 Å². The van der Waals surface area contributed by atoms with Crippen LogP contribution in [0.1, 0.15) is 5.82 Å². The van der Waals surface area contributed by atoms with Gasteiger partial charge in [-0.05, 0) is 6.07 Å². The summed E-state index contributed by atoms with van der Waals surface area (Å²) in [4.78, 5) is 13.6. The minimum atomic E-state index is 0.465. The number of nitrogens with zero attached hydrogens (tertiary/aromatic N) is 4. The van der Waals surface area contributed by atoms with Crippen LogP contribution in [-0.2, 0) is 16.1 Å². The maximum absolute atomic E-state index is 5.25. The monoisotopic (exact) mass is 264 g/mol. The highest BCUT2D eigenvalue weighted by Gasteiger charge is 2.29. The summed E-state index contributed by atoms with van der Waals surface area (Å²) in [5.74, 6) is 1.75. The lowest BCUT2D eigenvalue weighted by molar-refractivity contribution is -0.0661. The summed E-state index contributed by atoms with van der Waals surface area (Å²) in [6, 6.07) is 2.61. The number of methoxy groups -OCH3 is 1. The zero-order chi connectivity index (χ0) is 13.1. The van der Waals surface area contributed by atoms with Crippen LogP contribution >= 0.6 is 0 Å². The van der Waals surface area contributed by atoms with Crippen molar-refractivity contribution in [1.29, 1.82) is 0 Å². The molecule has 2 aliphatic rings. The molecular weight excluding hydrogens is 244 g/mol. The summed E-state index contributed by atoms with van der Waals surface area (Å²) < 4.78 is 10.3. The van der Waals surface area contributed by atoms with Crippen LogP contribution in [0.2, 0.25) is 0 Å². The van der Waals surface area contributed by atoms with Crippen LogP contribution in [-0.4, -0.2) is 67.4 Å². The molecular formula is C13H20N4O2. The van der Waals surface area contributed by atoms with Crippen molar-refractivity contribution in [2.24, 2.45) is 0 Å². The fourth-order valence-electron chi connectivity index (χ4n) is 2.51. The standard InChI is InChI=1S/C13H20N4O2/c1-18-10-12-14-3-2-13(15-12)17-6-4-16(5-7-17)11-8-19-9-11/h2-3,11H,4-10H2,1H3. The lowest BCUT2D eigenvalue weighted by Crippen LogP contribution is -2.56. The molecule has 0 N–H and O–H groups in total. The van der Waals surface area contributed by atoms with Gasteiger partial charge in [0.15, 0.2) is 5.82 Å². The van der Waals surface area contributed by atoms with Crippen LogP contribution < -0.4 is 4.90 Å². The molecule has 6 heteroatoms. The molecule has 0 unspecified atom stereocenters. The van der Waals surface area contributed by atoms with E-state index in [9.17, 15) is 0 Å². The predicted octanol–water partition coefficient (Wildman–Crippen LogP) is 0.144. The van der Waals surface area contributed by atoms with Crippen molar-refractivity contribution in [2.45, 2.75) is 12.6 Å². The highest BCUT2D eigenvalue weighted by Crippen LogP contribution is 2.17. The Balaban J connectivity index is 1.59. The third kappa shape index (κ3) is 2.86. The Labute approximate surface area is 113 Å². The van der Waals surface area contributed by atoms with E-state index in [1.165, 1.54) is 0 Å². The maximum Gasteiger partial charge on any atom is 0.156 e. The van der Waals surface area contributed by atoms with Gasteiger partial charge in [-0.2, -0.15) is 0 Å². The van der Waals surface area contributed by atoms with E-state index in [2.05, 4.69) is 19.8 Å². The van der Waals surface area contributed by atoms with Crippen LogP contribution in [0.3, 0.4) is 0 Å². The summed E-state index contributed by atoms with van der Waals surface area (Å²) in [5.41, 5.74) is 0. The van der Waals surface area contributed by atoms with Crippen LogP contribution in [0, 0.1) is 0 Å². The van der Waals surface area contributed by atoms with E-state index >= 15 is 0 Å². The maximum atomic E-state index is 5.25. The quantitative estimate of drug-likeness (QED) is 0.771. The first-order chi connectivity index (χ1) is 9.36. The molecule has 19 heavy (non-hydrogen) atoms. The Morgan fingerprint density at radius 3 is 2.74 bits per heavy atom. The van der Waals surface area contributed by atoms with Gasteiger partial charge < -0.3 is 14.4 Å². The fourth-order valence-corrected chi connectivity index (χ4v) is 2.51. The average Bonchev–Trinajstić information content (AvgIpc) is 2.38. The van der Waals surface area contributed by atoms with E-state index in [4.69, 9.17) is 9.47 Å². The average molecular weight is 264 g/mol. The van der Waals surface area contributed by atoms with E-state index < -0.39 is 0 Å². The van der Waals surface area contributed by atoms with E-state index in [1.807, 2.05) is 12.3 Å². The van der Waals surface area contributed by atoms with Gasteiger partial charge in [-0.1, -0.05) is 0 Å². The Morgan fingerprint density at radius 1 is 1.32 bits per heavy atom. The molecule has 1 aromatic heterocycles. The van der Waals surface area contributed by atoms with Gasteiger partial charge in [0.05, 0.1) is 19.3 Å². The Bertz CT molecular complexity index is 417. The van der Waals surface area contributed by atoms with Crippen molar-refractivity contribution in [2.75, 3.05) is 51.4 Å². The molecule has 0 bridgehead atoms. The smallest absolute Gasteiger partial charge is 0.156 e. The minimum Gasteiger partial charge on any atom is -0.378 e. The topological polar surface area (TPSA) is 50.7 Å². The van der Waals surface area contributed by atoms with Gasteiger partial charge in [0.1, 0.15) is 12.4 Å². The van der Waals surface area contributed by atoms with Crippen molar-refractivity contribution < 1.29 is 9.47 Å². The summed E-state index contributed by atoms with van der Waals surface area (Å²) >= 11 is 0. The SMILES string of the molecule is COCc1nccc(N2CCN(C3COC3)CC2)n1. The molecule has 0 aromatic carbocycles. The lowest BCUT2D eigenvalue weighted by atomic mass is 10.2. The molecule has 0 radical (unpaired) electrons. The number of piperazine rings is 1. The minimum absolute atomic E-state index is 0.465. The molecule has 0 saturated carbocycles. The van der Waals surface area contributed by atoms with E-state index in [-0.39, 0.29) is 0 Å². The van der Waals surface area contributed by atoms with Gasteiger partial charge in [-0.15, -0.1) is 0 Å². The summed E-state index contributed by atoms with van der Waals surface area (Å²) in [6.45, 7) is 6.44. The summed E-state index contributed by atoms with van der Waals surface area (Å²) in [7, 11) is 1.66. The van der Waals surface area contributed by atoms with Crippen molar-refractivity contribution in [3.63, 3.8) is 0 Å². The molecule has 2 aliphatic heterocycles. The Hall–Kier alpha value is -1.24. The zero-order valence-electron chi connectivity index (χ0n) is 11.3. The first-order valence-electron chi connectivity index (χ1n) is 6.74. The molecule has 1 aromatic rings. The molecule has 6 nitrogen and oxygen atoms in total. The first kappa shape index (κ1) is 12.8. The highest BCUT2D eigenvalue weighted by molar-refractivity contribution is 5.38. The van der Waals surface area contributed by atoms with E-state index in [0.717, 1.165) is 51.0 Å². The molecule has 0 amide bonds. The molecule has 0 aliphatic carbocycles. The number of ether oxygens (including phenoxy) is 2. The van der Waals surface area contributed by atoms with Gasteiger partial charge in [-0.3, -0.25) is 4.90 Å². The third-order valence-corrected chi connectivity index (χ3v) is 3.74. The number of hydrogen-bond donors (Lipinski definition) is 0. The van der Waals surface area contributed by atoms with Crippen LogP contribution in [0.25, 0.3) is 0 Å². The van der Waals surface area contributed by atoms with Crippen molar-refractivity contribution >= 4 is 5.82 Å². The first-order valence-corrected chi connectivity index (χ1v) is 6.74. The predicted molar refractivity (Wildman–Crippen MR) is 71.1 cm³/mol. The lowest BCUT2D eigenvalue weighted by Gasteiger charge is -2.42. The zero-order valence-corrected chi connectivity index (χ0v) is 11.3. The Kier molecular flexibility index (Phi) is 3.91. The second-order valence-corrected chi connectivity index (χ2v) is 4.98. The number of hydrogen-bond acceptors (Lipinski definition) is 6. The van der Waals surface area contributed by atoms with Gasteiger partial charge in [0.2, 0.25) is 0 Å². The number of rotatable bonds is 4. The van der Waals surface area contributed by atoms with Crippen LogP contribution in [0.5, 0.6) is 0 Å². The van der Waals surface area contributed by atoms with Gasteiger partial charge >= 0.3 is 0 Å². The van der Waals surface area contributed by atoms with Crippen molar-refractivity contribution in [3.05, 3.63) is 18.1 Å². The van der Waals surface area contributed by atoms with Crippen LogP contribution in [0.15, 0.2) is 12.3 Å². The molecule has 0 atom stereocenters. The Morgan fingerprint density at radius 2 is 2.11 bits per heavy atom. The summed E-state index contributed by atoms with van der Waals surface area (Å²) in [5, 5.41) is 0. The van der Waals surface area contributed by atoms with Gasteiger partial charge in [-0.25, -0.2) is 9.97 Å². The normalized spacial score (nSPS) is 21.4. The molecule has 0 spiro atoms. The highest BCUT2D eigenvalue weighted by atomic mass is 16.5. The molecule has 2 saturated heterocycles. The number of aromatic nitrogens is 2. The molecule has 3 rings (SSSR count). The summed E-state index contributed by atoms with van der Waals surface area (Å²) in [6.07, 6.45) is 1.81. The molecule has 104 valence electrons. The second-order valence-electron chi connectivity index (χ2n) is 4.98. The largest absolute Gasteiger partial charge is 0.378 e. The fraction of sp³-hybridized carbons (Fsp3) is 0.692. The number of anilines is 1. The van der Waals surface area contributed by atoms with Crippen molar-refractivity contribution in [1.82, 2.24) is 14.9 Å². The van der Waals surface area contributed by atoms with E-state index in [0.29, 0.717) is 12.6 Å².